The average Bonchev–Trinajstić information content (AvgIpc) is 3.07. The highest BCUT2D eigenvalue weighted by Gasteiger charge is 2.60. The maximum Gasteiger partial charge on any atom is 0.353 e. The number of β-lactam (4-membered cyclic amide) rings is 1. The molecule has 2 saturated heterocycles. The summed E-state index contributed by atoms with van der Waals surface area (Å²) in [6.07, 6.45) is 0.264. The monoisotopic (exact) mass is 431 g/mol. The van der Waals surface area contributed by atoms with Crippen molar-refractivity contribution in [3.63, 3.8) is 0 Å². The number of hydrogen-bond donors (Lipinski definition) is 3. The van der Waals surface area contributed by atoms with E-state index in [1.807, 2.05) is 6.92 Å². The van der Waals surface area contributed by atoms with Gasteiger partial charge in [0.15, 0.2) is 9.84 Å². The first kappa shape index (κ1) is 21.1. The zero-order chi connectivity index (χ0) is 21.1. The number of fused-ring (bicyclic) bond motifs is 1. The van der Waals surface area contributed by atoms with E-state index in [4.69, 9.17) is 5.41 Å². The summed E-state index contributed by atoms with van der Waals surface area (Å²) in [4.78, 5) is 27.7. The molecule has 9 nitrogen and oxygen atoms in total. The van der Waals surface area contributed by atoms with Gasteiger partial charge in [-0.15, -0.1) is 11.8 Å². The standard InChI is InChI=1S/C17H25N3O6S2/c1-7-13-12(8(2)21)16(22)20(13)14(17(23)24)15(7)27-10-5-19(9(3)18)6-11(10)28(4,25)26/h7-8,10-13,18,21H,5-6H2,1-4H3,(H,23,24)/t7?,8?,10?,11?,12?,13-/m1/s1. The van der Waals surface area contributed by atoms with Crippen molar-refractivity contribution in [2.24, 2.45) is 11.8 Å². The second kappa shape index (κ2) is 7.03. The molecule has 3 aliphatic heterocycles. The second-order valence-corrected chi connectivity index (χ2v) is 11.3. The number of sulfone groups is 1. The third-order valence-corrected chi connectivity index (χ3v) is 9.18. The molecule has 0 saturated carbocycles. The Labute approximate surface area is 168 Å². The molecular weight excluding hydrogens is 406 g/mol. The molecule has 5 unspecified atom stereocenters. The fourth-order valence-electron chi connectivity index (χ4n) is 4.38. The van der Waals surface area contributed by atoms with Gasteiger partial charge < -0.3 is 20.0 Å². The second-order valence-electron chi connectivity index (χ2n) is 7.79. The molecule has 0 aromatic carbocycles. The van der Waals surface area contributed by atoms with Gasteiger partial charge in [-0.25, -0.2) is 13.2 Å². The summed E-state index contributed by atoms with van der Waals surface area (Å²) >= 11 is 1.18. The lowest BCUT2D eigenvalue weighted by Gasteiger charge is -2.46. The maximum absolute atomic E-state index is 12.4. The molecule has 0 bridgehead atoms. The minimum absolute atomic E-state index is 0.110. The van der Waals surface area contributed by atoms with Gasteiger partial charge in [0.25, 0.3) is 0 Å². The zero-order valence-electron chi connectivity index (χ0n) is 16.1. The minimum Gasteiger partial charge on any atom is -0.477 e. The first-order valence-electron chi connectivity index (χ1n) is 9.00. The van der Waals surface area contributed by atoms with Crippen molar-refractivity contribution in [1.29, 1.82) is 5.41 Å². The van der Waals surface area contributed by atoms with Crippen LogP contribution in [0.25, 0.3) is 0 Å². The number of aliphatic carboxylic acids is 1. The van der Waals surface area contributed by atoms with E-state index in [1.54, 1.807) is 11.8 Å². The number of rotatable bonds is 5. The van der Waals surface area contributed by atoms with Crippen molar-refractivity contribution >= 4 is 39.3 Å². The Morgan fingerprint density at radius 2 is 1.96 bits per heavy atom. The molecule has 3 aliphatic rings. The van der Waals surface area contributed by atoms with Crippen molar-refractivity contribution in [2.45, 2.75) is 43.4 Å². The molecule has 6 atom stereocenters. The van der Waals surface area contributed by atoms with Gasteiger partial charge in [0.2, 0.25) is 5.91 Å². The summed E-state index contributed by atoms with van der Waals surface area (Å²) in [5.41, 5.74) is -0.110. The van der Waals surface area contributed by atoms with Gasteiger partial charge in [0, 0.05) is 35.4 Å². The molecule has 3 rings (SSSR count). The zero-order valence-corrected chi connectivity index (χ0v) is 17.7. The highest BCUT2D eigenvalue weighted by Crippen LogP contribution is 2.52. The van der Waals surface area contributed by atoms with Crippen LogP contribution in [0.1, 0.15) is 20.8 Å². The molecule has 28 heavy (non-hydrogen) atoms. The van der Waals surface area contributed by atoms with Gasteiger partial charge in [-0.1, -0.05) is 6.92 Å². The molecule has 0 aromatic heterocycles. The Kier molecular flexibility index (Phi) is 5.30. The van der Waals surface area contributed by atoms with Crippen LogP contribution in [0.3, 0.4) is 0 Å². The number of carbonyl (C=O) groups excluding carboxylic acids is 1. The van der Waals surface area contributed by atoms with Crippen LogP contribution in [0.2, 0.25) is 0 Å². The average molecular weight is 432 g/mol. The lowest BCUT2D eigenvalue weighted by Crippen LogP contribution is -2.63. The summed E-state index contributed by atoms with van der Waals surface area (Å²) in [5.74, 6) is -2.36. The minimum atomic E-state index is -3.41. The van der Waals surface area contributed by atoms with Crippen LogP contribution in [0, 0.1) is 17.2 Å². The Morgan fingerprint density at radius 1 is 1.36 bits per heavy atom. The number of hydrogen-bond acceptors (Lipinski definition) is 7. The van der Waals surface area contributed by atoms with Crippen LogP contribution in [-0.4, -0.2) is 88.1 Å². The van der Waals surface area contributed by atoms with Gasteiger partial charge in [-0.3, -0.25) is 10.2 Å². The van der Waals surface area contributed by atoms with Crippen molar-refractivity contribution in [3.05, 3.63) is 10.6 Å². The number of carbonyl (C=O) groups is 2. The fourth-order valence-corrected chi connectivity index (χ4v) is 7.71. The molecular formula is C17H25N3O6S2. The molecule has 3 heterocycles. The highest BCUT2D eigenvalue weighted by molar-refractivity contribution is 8.04. The number of aliphatic hydroxyl groups excluding tert-OH is 1. The number of likely N-dealkylation sites (tertiary alicyclic amines) is 1. The normalized spacial score (nSPS) is 33.8. The number of thioether (sulfide) groups is 1. The third-order valence-electron chi connectivity index (χ3n) is 5.83. The van der Waals surface area contributed by atoms with Crippen molar-refractivity contribution in [2.75, 3.05) is 19.3 Å². The topological polar surface area (TPSA) is 139 Å². The number of carboxylic acids is 1. The fraction of sp³-hybridized carbons (Fsp3) is 0.706. The Hall–Kier alpha value is -1.59. The maximum atomic E-state index is 12.4. The predicted octanol–water partition coefficient (Wildman–Crippen LogP) is -0.0321. The Morgan fingerprint density at radius 3 is 2.43 bits per heavy atom. The van der Waals surface area contributed by atoms with Crippen LogP contribution in [0.4, 0.5) is 0 Å². The number of nitrogens with zero attached hydrogens (tertiary/aromatic N) is 2. The van der Waals surface area contributed by atoms with E-state index < -0.39 is 50.3 Å². The predicted molar refractivity (Wildman–Crippen MR) is 105 cm³/mol. The van der Waals surface area contributed by atoms with Crippen LogP contribution >= 0.6 is 11.8 Å². The van der Waals surface area contributed by atoms with Crippen molar-refractivity contribution < 1.29 is 28.2 Å². The molecule has 1 amide bonds. The number of amides is 1. The van der Waals surface area contributed by atoms with E-state index >= 15 is 0 Å². The van der Waals surface area contributed by atoms with E-state index in [0.717, 1.165) is 6.26 Å². The summed E-state index contributed by atoms with van der Waals surface area (Å²) < 4.78 is 24.6. The van der Waals surface area contributed by atoms with Gasteiger partial charge in [0.1, 0.15) is 5.70 Å². The lowest BCUT2D eigenvalue weighted by molar-refractivity contribution is -0.163. The number of amidine groups is 1. The van der Waals surface area contributed by atoms with Crippen LogP contribution in [0.5, 0.6) is 0 Å². The van der Waals surface area contributed by atoms with Crippen LogP contribution in [0.15, 0.2) is 10.6 Å². The molecule has 2 fully saturated rings. The van der Waals surface area contributed by atoms with Gasteiger partial charge >= 0.3 is 5.97 Å². The van der Waals surface area contributed by atoms with Crippen LogP contribution < -0.4 is 0 Å². The van der Waals surface area contributed by atoms with Gasteiger partial charge in [0.05, 0.1) is 29.1 Å². The molecule has 156 valence electrons. The summed E-state index contributed by atoms with van der Waals surface area (Å²) in [6.45, 7) is 5.42. The Bertz CT molecular complexity index is 868. The molecule has 0 radical (unpaired) electrons. The van der Waals surface area contributed by atoms with E-state index in [9.17, 15) is 28.2 Å². The molecule has 0 spiro atoms. The summed E-state index contributed by atoms with van der Waals surface area (Å²) in [7, 11) is -3.41. The molecule has 0 aliphatic carbocycles. The molecule has 11 heteroatoms. The van der Waals surface area contributed by atoms with Crippen LogP contribution in [-0.2, 0) is 19.4 Å². The van der Waals surface area contributed by atoms with E-state index in [2.05, 4.69) is 0 Å². The number of nitrogens with one attached hydrogen (secondary N) is 1. The smallest absolute Gasteiger partial charge is 0.353 e. The number of aliphatic hydroxyl groups is 1. The number of carboxylic acid groups (broad SMARTS) is 1. The largest absolute Gasteiger partial charge is 0.477 e. The SMILES string of the molecule is CC(=N)N1CC(SC2=C(C(=O)O)N3C(=O)C(C(C)O)[C@H]3C2C)C(S(C)(=O)=O)C1. The van der Waals surface area contributed by atoms with Crippen molar-refractivity contribution in [1.82, 2.24) is 9.80 Å². The summed E-state index contributed by atoms with van der Waals surface area (Å²) in [5, 5.41) is 26.3. The first-order chi connectivity index (χ1) is 12.9. The first-order valence-corrected chi connectivity index (χ1v) is 11.8. The third kappa shape index (κ3) is 3.22. The van der Waals surface area contributed by atoms with E-state index in [-0.39, 0.29) is 24.0 Å². The molecule has 0 aromatic rings. The van der Waals surface area contributed by atoms with Crippen molar-refractivity contribution in [3.8, 4) is 0 Å². The highest BCUT2D eigenvalue weighted by atomic mass is 32.2. The van der Waals surface area contributed by atoms with Gasteiger partial charge in [-0.05, 0) is 13.8 Å². The summed E-state index contributed by atoms with van der Waals surface area (Å²) in [6, 6.07) is -0.431. The lowest BCUT2D eigenvalue weighted by atomic mass is 9.79. The Balaban J connectivity index is 1.95. The van der Waals surface area contributed by atoms with E-state index in [0.29, 0.717) is 11.4 Å². The van der Waals surface area contributed by atoms with Gasteiger partial charge in [-0.2, -0.15) is 0 Å². The quantitative estimate of drug-likeness (QED) is 0.313. The van der Waals surface area contributed by atoms with E-state index in [1.165, 1.54) is 23.6 Å². The molecule has 3 N–H and O–H groups in total.